The first-order valence-corrected chi connectivity index (χ1v) is 15.7. The molecule has 0 unspecified atom stereocenters. The highest BCUT2D eigenvalue weighted by molar-refractivity contribution is 7.89. The van der Waals surface area contributed by atoms with Crippen molar-refractivity contribution in [2.75, 3.05) is 13.6 Å². The predicted molar refractivity (Wildman–Crippen MR) is 140 cm³/mol. The number of thiophene rings is 1. The smallest absolute Gasteiger partial charge is 0.207 e. The van der Waals surface area contributed by atoms with Crippen LogP contribution in [0.25, 0.3) is 0 Å². The first-order valence-electron chi connectivity index (χ1n) is 11.9. The van der Waals surface area contributed by atoms with E-state index in [9.17, 15) is 16.8 Å². The second-order valence-electron chi connectivity index (χ2n) is 8.94. The minimum atomic E-state index is -3.82. The Balaban J connectivity index is 1.55. The van der Waals surface area contributed by atoms with Crippen molar-refractivity contribution in [2.24, 2.45) is 0 Å². The summed E-state index contributed by atoms with van der Waals surface area (Å²) in [7, 11) is -5.87. The molecule has 188 valence electrons. The van der Waals surface area contributed by atoms with Crippen LogP contribution >= 0.6 is 11.3 Å². The number of sulfonamides is 2. The zero-order valence-corrected chi connectivity index (χ0v) is 22.4. The van der Waals surface area contributed by atoms with E-state index in [0.717, 1.165) is 42.5 Å². The summed E-state index contributed by atoms with van der Waals surface area (Å²) < 4.78 is 56.4. The van der Waals surface area contributed by atoms with Crippen LogP contribution in [0, 0.1) is 0 Å². The van der Waals surface area contributed by atoms with Crippen LogP contribution in [0.5, 0.6) is 0 Å². The van der Waals surface area contributed by atoms with Crippen molar-refractivity contribution >= 4 is 31.4 Å². The van der Waals surface area contributed by atoms with Crippen molar-refractivity contribution in [1.82, 2.24) is 8.61 Å². The summed E-state index contributed by atoms with van der Waals surface area (Å²) in [6.07, 6.45) is 5.52. The van der Waals surface area contributed by atoms with Gasteiger partial charge in [-0.25, -0.2) is 16.8 Å². The first-order chi connectivity index (χ1) is 16.8. The van der Waals surface area contributed by atoms with E-state index in [-0.39, 0.29) is 22.4 Å². The molecule has 4 rings (SSSR count). The molecule has 0 spiro atoms. The van der Waals surface area contributed by atoms with Crippen molar-refractivity contribution in [3.8, 4) is 0 Å². The van der Waals surface area contributed by atoms with Crippen molar-refractivity contribution in [3.05, 3.63) is 82.6 Å². The molecule has 1 aliphatic carbocycles. The lowest BCUT2D eigenvalue weighted by Crippen LogP contribution is -2.38. The zero-order valence-electron chi connectivity index (χ0n) is 19.9. The molecule has 3 aromatic rings. The average Bonchev–Trinajstić information content (AvgIpc) is 3.40. The van der Waals surface area contributed by atoms with Crippen LogP contribution in [0.1, 0.15) is 42.5 Å². The lowest BCUT2D eigenvalue weighted by Gasteiger charge is -2.30. The van der Waals surface area contributed by atoms with E-state index < -0.39 is 20.0 Å². The third-order valence-electron chi connectivity index (χ3n) is 6.63. The molecule has 2 aromatic carbocycles. The second-order valence-corrected chi connectivity index (χ2v) is 13.9. The maximum Gasteiger partial charge on any atom is 0.243 e. The fourth-order valence-corrected chi connectivity index (χ4v) is 8.13. The molecule has 1 aliphatic rings. The predicted octanol–water partition coefficient (Wildman–Crippen LogP) is 5.13. The van der Waals surface area contributed by atoms with Gasteiger partial charge >= 0.3 is 0 Å². The van der Waals surface area contributed by atoms with Gasteiger partial charge in [0, 0.05) is 31.1 Å². The molecule has 0 amide bonds. The van der Waals surface area contributed by atoms with Gasteiger partial charge in [0.1, 0.15) is 0 Å². The van der Waals surface area contributed by atoms with Gasteiger partial charge < -0.3 is 0 Å². The van der Waals surface area contributed by atoms with E-state index in [1.54, 1.807) is 7.05 Å². The highest BCUT2D eigenvalue weighted by atomic mass is 32.2. The fourth-order valence-electron chi connectivity index (χ4n) is 4.50. The molecule has 9 heteroatoms. The molecule has 6 nitrogen and oxygen atoms in total. The maximum atomic E-state index is 13.6. The standard InChI is InChI=1S/C26H32N2O4S3/c1-27(23-11-6-3-7-12-23)34(29,30)25-14-16-26(17-15-25)35(31,32)28(21-24-13-8-20-33-24)19-18-22-9-4-2-5-10-22/h2,4-5,8-10,13-17,20,23H,3,6-7,11-12,18-19,21H2,1H3. The topological polar surface area (TPSA) is 74.8 Å². The van der Waals surface area contributed by atoms with Crippen LogP contribution in [0.2, 0.25) is 0 Å². The van der Waals surface area contributed by atoms with Crippen molar-refractivity contribution < 1.29 is 16.8 Å². The molecule has 1 aromatic heterocycles. The zero-order chi connectivity index (χ0) is 24.9. The van der Waals surface area contributed by atoms with E-state index in [1.165, 1.54) is 44.2 Å². The Bertz CT molecular complexity index is 1280. The van der Waals surface area contributed by atoms with Gasteiger partial charge in [-0.05, 0) is 60.5 Å². The van der Waals surface area contributed by atoms with Gasteiger partial charge in [0.05, 0.1) is 9.79 Å². The quantitative estimate of drug-likeness (QED) is 0.363. The summed E-state index contributed by atoms with van der Waals surface area (Å²) >= 11 is 1.52. The van der Waals surface area contributed by atoms with E-state index in [1.807, 2.05) is 47.8 Å². The van der Waals surface area contributed by atoms with Gasteiger partial charge in [0.2, 0.25) is 20.0 Å². The van der Waals surface area contributed by atoms with Gasteiger partial charge in [0.25, 0.3) is 0 Å². The van der Waals surface area contributed by atoms with Crippen molar-refractivity contribution in [2.45, 2.75) is 60.9 Å². The lowest BCUT2D eigenvalue weighted by atomic mass is 9.96. The summed E-state index contributed by atoms with van der Waals surface area (Å²) in [6.45, 7) is 0.603. The molecule has 0 aliphatic heterocycles. The Hall–Kier alpha value is -2.04. The third-order valence-corrected chi connectivity index (χ3v) is 11.3. The minimum absolute atomic E-state index is 0.00330. The number of hydrogen-bond acceptors (Lipinski definition) is 5. The van der Waals surface area contributed by atoms with Crippen LogP contribution in [-0.4, -0.2) is 45.1 Å². The Labute approximate surface area is 213 Å². The van der Waals surface area contributed by atoms with Crippen LogP contribution in [0.4, 0.5) is 0 Å². The molecule has 1 heterocycles. The SMILES string of the molecule is CN(C1CCCCC1)S(=O)(=O)c1ccc(S(=O)(=O)N(CCc2ccccc2)Cc2cccs2)cc1. The van der Waals surface area contributed by atoms with Crippen LogP contribution in [0.3, 0.4) is 0 Å². The lowest BCUT2D eigenvalue weighted by molar-refractivity contribution is 0.286. The van der Waals surface area contributed by atoms with Gasteiger partial charge in [-0.2, -0.15) is 8.61 Å². The average molecular weight is 533 g/mol. The highest BCUT2D eigenvalue weighted by Crippen LogP contribution is 2.28. The molecule has 0 N–H and O–H groups in total. The summed E-state index contributed by atoms with van der Waals surface area (Å²) in [5, 5.41) is 1.93. The maximum absolute atomic E-state index is 13.6. The number of nitrogens with zero attached hydrogens (tertiary/aromatic N) is 2. The Morgan fingerprint density at radius 3 is 2.03 bits per heavy atom. The molecule has 0 bridgehead atoms. The van der Waals surface area contributed by atoms with Crippen LogP contribution in [0.15, 0.2) is 81.9 Å². The van der Waals surface area contributed by atoms with E-state index >= 15 is 0 Å². The molecule has 0 atom stereocenters. The molecule has 0 saturated heterocycles. The molecule has 1 saturated carbocycles. The number of benzene rings is 2. The van der Waals surface area contributed by atoms with E-state index in [2.05, 4.69) is 0 Å². The number of hydrogen-bond donors (Lipinski definition) is 0. The van der Waals surface area contributed by atoms with E-state index in [4.69, 9.17) is 0 Å². The van der Waals surface area contributed by atoms with Crippen molar-refractivity contribution in [1.29, 1.82) is 0 Å². The fraction of sp³-hybridized carbons (Fsp3) is 0.385. The summed E-state index contributed by atoms with van der Waals surface area (Å²) in [6, 6.07) is 19.3. The Morgan fingerprint density at radius 2 is 1.43 bits per heavy atom. The van der Waals surface area contributed by atoms with Gasteiger partial charge in [-0.1, -0.05) is 55.7 Å². The van der Waals surface area contributed by atoms with Crippen LogP contribution < -0.4 is 0 Å². The van der Waals surface area contributed by atoms with Gasteiger partial charge in [-0.15, -0.1) is 11.3 Å². The Kier molecular flexibility index (Phi) is 8.44. The molecule has 0 radical (unpaired) electrons. The molecule has 35 heavy (non-hydrogen) atoms. The van der Waals surface area contributed by atoms with Gasteiger partial charge in [0.15, 0.2) is 0 Å². The number of rotatable bonds is 10. The molecular weight excluding hydrogens is 500 g/mol. The van der Waals surface area contributed by atoms with Gasteiger partial charge in [-0.3, -0.25) is 0 Å². The normalized spacial score (nSPS) is 15.6. The molecular formula is C26H32N2O4S3. The summed E-state index contributed by atoms with van der Waals surface area (Å²) in [4.78, 5) is 1.18. The summed E-state index contributed by atoms with van der Waals surface area (Å²) in [5.74, 6) is 0. The van der Waals surface area contributed by atoms with E-state index in [0.29, 0.717) is 13.0 Å². The molecule has 1 fully saturated rings. The van der Waals surface area contributed by atoms with Crippen LogP contribution in [-0.2, 0) is 33.0 Å². The monoisotopic (exact) mass is 532 g/mol. The third kappa shape index (κ3) is 6.21. The largest absolute Gasteiger partial charge is 0.243 e. The first kappa shape index (κ1) is 26.0. The highest BCUT2D eigenvalue weighted by Gasteiger charge is 2.30. The minimum Gasteiger partial charge on any atom is -0.207 e. The second kappa shape index (κ2) is 11.3. The summed E-state index contributed by atoms with van der Waals surface area (Å²) in [5.41, 5.74) is 1.06. The van der Waals surface area contributed by atoms with Crippen molar-refractivity contribution in [3.63, 3.8) is 0 Å². The Morgan fingerprint density at radius 1 is 0.800 bits per heavy atom.